The highest BCUT2D eigenvalue weighted by atomic mass is 32.1. The van der Waals surface area contributed by atoms with Crippen molar-refractivity contribution in [2.45, 2.75) is 0 Å². The highest BCUT2D eigenvalue weighted by molar-refractivity contribution is 7.12. The number of hydrogen-bond acceptors (Lipinski definition) is 7. The lowest BCUT2D eigenvalue weighted by molar-refractivity contribution is 0.0600. The summed E-state index contributed by atoms with van der Waals surface area (Å²) in [6.07, 6.45) is 4.21. The van der Waals surface area contributed by atoms with E-state index in [1.807, 2.05) is 0 Å². The molecule has 0 aliphatic heterocycles. The molecule has 0 bridgehead atoms. The number of anilines is 2. The number of nitrogens with one attached hydrogen (secondary N) is 2. The fourth-order valence-electron chi connectivity index (χ4n) is 2.18. The van der Waals surface area contributed by atoms with E-state index in [9.17, 15) is 14.4 Å². The summed E-state index contributed by atoms with van der Waals surface area (Å²) in [5, 5.41) is 7.07. The van der Waals surface area contributed by atoms with Crippen molar-refractivity contribution in [3.63, 3.8) is 0 Å². The molecule has 0 atom stereocenters. The van der Waals surface area contributed by atoms with E-state index in [4.69, 9.17) is 0 Å². The van der Waals surface area contributed by atoms with Crippen molar-refractivity contribution in [2.24, 2.45) is 0 Å². The second kappa shape index (κ2) is 8.19. The molecular weight excluding hydrogens is 368 g/mol. The Hall–Kier alpha value is -3.59. The minimum atomic E-state index is -0.460. The van der Waals surface area contributed by atoms with Gasteiger partial charge in [0.2, 0.25) is 0 Å². The minimum absolute atomic E-state index is 0.147. The number of esters is 1. The summed E-state index contributed by atoms with van der Waals surface area (Å²) < 4.78 is 4.63. The van der Waals surface area contributed by atoms with E-state index < -0.39 is 11.9 Å². The molecule has 0 saturated heterocycles. The molecule has 136 valence electrons. The van der Waals surface area contributed by atoms with Crippen molar-refractivity contribution in [3.8, 4) is 0 Å². The monoisotopic (exact) mass is 382 g/mol. The van der Waals surface area contributed by atoms with Gasteiger partial charge >= 0.3 is 5.97 Å². The maximum Gasteiger partial charge on any atom is 0.337 e. The number of nitrogens with zero attached hydrogens (tertiary/aromatic N) is 2. The van der Waals surface area contributed by atoms with Crippen molar-refractivity contribution in [1.29, 1.82) is 0 Å². The first-order valence-corrected chi connectivity index (χ1v) is 8.61. The number of amides is 2. The van der Waals surface area contributed by atoms with Crippen molar-refractivity contribution in [1.82, 2.24) is 9.97 Å². The Labute approximate surface area is 158 Å². The molecule has 0 aliphatic rings. The highest BCUT2D eigenvalue weighted by Crippen LogP contribution is 2.24. The van der Waals surface area contributed by atoms with Gasteiger partial charge in [-0.3, -0.25) is 14.6 Å². The zero-order valence-electron chi connectivity index (χ0n) is 14.1. The Balaban J connectivity index is 1.70. The second-order valence-electron chi connectivity index (χ2n) is 5.23. The molecule has 3 aromatic rings. The summed E-state index contributed by atoms with van der Waals surface area (Å²) in [6, 6.07) is 7.92. The summed E-state index contributed by atoms with van der Waals surface area (Å²) in [7, 11) is 1.30. The van der Waals surface area contributed by atoms with Crippen LogP contribution < -0.4 is 10.6 Å². The standard InChI is InChI=1S/C18H14N4O4S/c1-26-18(25)11-2-4-12(5-3-11)21-17(24)15-13(6-9-27-15)22-16(23)14-10-19-7-8-20-14/h2-10H,1H3,(H,21,24)(H,22,23). The Morgan fingerprint density at radius 2 is 1.78 bits per heavy atom. The van der Waals surface area contributed by atoms with Gasteiger partial charge in [-0.1, -0.05) is 0 Å². The van der Waals surface area contributed by atoms with Crippen LogP contribution in [0.4, 0.5) is 11.4 Å². The Morgan fingerprint density at radius 3 is 2.44 bits per heavy atom. The van der Waals surface area contributed by atoms with E-state index in [2.05, 4.69) is 25.3 Å². The van der Waals surface area contributed by atoms with E-state index in [1.54, 1.807) is 35.7 Å². The van der Waals surface area contributed by atoms with E-state index in [-0.39, 0.29) is 11.6 Å². The van der Waals surface area contributed by atoms with Crippen molar-refractivity contribution >= 4 is 40.5 Å². The van der Waals surface area contributed by atoms with Gasteiger partial charge in [0, 0.05) is 18.1 Å². The van der Waals surface area contributed by atoms with Gasteiger partial charge in [-0.25, -0.2) is 9.78 Å². The largest absolute Gasteiger partial charge is 0.465 e. The third-order valence-corrected chi connectivity index (χ3v) is 4.39. The van der Waals surface area contributed by atoms with Gasteiger partial charge in [-0.2, -0.15) is 0 Å². The molecule has 0 spiro atoms. The average Bonchev–Trinajstić information content (AvgIpc) is 3.17. The number of methoxy groups -OCH3 is 1. The summed E-state index contributed by atoms with van der Waals surface area (Å²) >= 11 is 1.19. The number of aromatic nitrogens is 2. The molecule has 2 amide bonds. The maximum absolute atomic E-state index is 12.5. The zero-order chi connectivity index (χ0) is 19.2. The van der Waals surface area contributed by atoms with Gasteiger partial charge in [0.05, 0.1) is 24.6 Å². The molecule has 0 saturated carbocycles. The van der Waals surface area contributed by atoms with Crippen LogP contribution in [0, 0.1) is 0 Å². The maximum atomic E-state index is 12.5. The molecule has 2 N–H and O–H groups in total. The molecule has 9 heteroatoms. The predicted molar refractivity (Wildman–Crippen MR) is 100 cm³/mol. The normalized spacial score (nSPS) is 10.1. The summed E-state index contributed by atoms with van der Waals surface area (Å²) in [6.45, 7) is 0. The number of benzene rings is 1. The SMILES string of the molecule is COC(=O)c1ccc(NC(=O)c2sccc2NC(=O)c2cnccn2)cc1. The van der Waals surface area contributed by atoms with Crippen LogP contribution in [-0.4, -0.2) is 34.9 Å². The highest BCUT2D eigenvalue weighted by Gasteiger charge is 2.17. The number of thiophene rings is 1. The van der Waals surface area contributed by atoms with Crippen LogP contribution in [0.5, 0.6) is 0 Å². The van der Waals surface area contributed by atoms with Gasteiger partial charge in [0.15, 0.2) is 0 Å². The van der Waals surface area contributed by atoms with Crippen LogP contribution in [0.25, 0.3) is 0 Å². The fourth-order valence-corrected chi connectivity index (χ4v) is 2.93. The second-order valence-corrected chi connectivity index (χ2v) is 6.15. The van der Waals surface area contributed by atoms with Crippen LogP contribution in [0.2, 0.25) is 0 Å². The van der Waals surface area contributed by atoms with E-state index in [1.165, 1.54) is 37.0 Å². The van der Waals surface area contributed by atoms with Gasteiger partial charge in [0.25, 0.3) is 11.8 Å². The molecule has 0 aliphatic carbocycles. The molecule has 27 heavy (non-hydrogen) atoms. The fraction of sp³-hybridized carbons (Fsp3) is 0.0556. The molecule has 8 nitrogen and oxygen atoms in total. The van der Waals surface area contributed by atoms with E-state index in [0.29, 0.717) is 21.8 Å². The first-order valence-electron chi connectivity index (χ1n) is 7.73. The number of hydrogen-bond donors (Lipinski definition) is 2. The molecule has 0 unspecified atom stereocenters. The molecule has 2 heterocycles. The molecule has 2 aromatic heterocycles. The smallest absolute Gasteiger partial charge is 0.337 e. The van der Waals surface area contributed by atoms with Gasteiger partial charge in [0.1, 0.15) is 10.6 Å². The lowest BCUT2D eigenvalue weighted by Gasteiger charge is -2.08. The third kappa shape index (κ3) is 4.33. The van der Waals surface area contributed by atoms with Crippen LogP contribution in [0.15, 0.2) is 54.3 Å². The lowest BCUT2D eigenvalue weighted by atomic mass is 10.2. The van der Waals surface area contributed by atoms with Gasteiger partial charge in [-0.15, -0.1) is 11.3 Å². The molecule has 0 fully saturated rings. The lowest BCUT2D eigenvalue weighted by Crippen LogP contribution is -2.17. The number of rotatable bonds is 5. The summed E-state index contributed by atoms with van der Waals surface area (Å²) in [4.78, 5) is 44.2. The average molecular weight is 382 g/mol. The Morgan fingerprint density at radius 1 is 1.00 bits per heavy atom. The van der Waals surface area contributed by atoms with Crippen LogP contribution in [0.1, 0.15) is 30.5 Å². The molecule has 1 aromatic carbocycles. The summed E-state index contributed by atoms with van der Waals surface area (Å²) in [5.74, 6) is -1.30. The van der Waals surface area contributed by atoms with Crippen LogP contribution in [-0.2, 0) is 4.74 Å². The Kier molecular flexibility index (Phi) is 5.53. The molecule has 0 radical (unpaired) electrons. The minimum Gasteiger partial charge on any atom is -0.465 e. The van der Waals surface area contributed by atoms with Crippen molar-refractivity contribution < 1.29 is 19.1 Å². The number of carbonyl (C=O) groups is 3. The van der Waals surface area contributed by atoms with Gasteiger partial charge < -0.3 is 15.4 Å². The predicted octanol–water partition coefficient (Wildman–Crippen LogP) is 2.83. The molecular formula is C18H14N4O4S. The van der Waals surface area contributed by atoms with Crippen molar-refractivity contribution in [2.75, 3.05) is 17.7 Å². The van der Waals surface area contributed by atoms with E-state index >= 15 is 0 Å². The van der Waals surface area contributed by atoms with Crippen molar-refractivity contribution in [3.05, 3.63) is 70.4 Å². The van der Waals surface area contributed by atoms with Crippen LogP contribution >= 0.6 is 11.3 Å². The van der Waals surface area contributed by atoms with Crippen LogP contribution in [0.3, 0.4) is 0 Å². The first-order chi connectivity index (χ1) is 13.1. The van der Waals surface area contributed by atoms with Gasteiger partial charge in [-0.05, 0) is 35.7 Å². The summed E-state index contributed by atoms with van der Waals surface area (Å²) in [5.41, 5.74) is 1.41. The Bertz CT molecular complexity index is 971. The number of carbonyl (C=O) groups excluding carboxylic acids is 3. The quantitative estimate of drug-likeness (QED) is 0.657. The third-order valence-electron chi connectivity index (χ3n) is 3.48. The first kappa shape index (κ1) is 18.2. The number of ether oxygens (including phenoxy) is 1. The molecule has 3 rings (SSSR count). The zero-order valence-corrected chi connectivity index (χ0v) is 14.9. The van der Waals surface area contributed by atoms with E-state index in [0.717, 1.165) is 0 Å². The topological polar surface area (TPSA) is 110 Å².